The summed E-state index contributed by atoms with van der Waals surface area (Å²) in [5.41, 5.74) is 0. The minimum atomic E-state index is -3.49. The number of thiophene rings is 1. The number of nitrogens with one attached hydrogen (secondary N) is 1. The van der Waals surface area contributed by atoms with Crippen LogP contribution in [0.2, 0.25) is 5.02 Å². The van der Waals surface area contributed by atoms with E-state index in [0.717, 1.165) is 0 Å². The van der Waals surface area contributed by atoms with E-state index in [0.29, 0.717) is 40.9 Å². The second-order valence-corrected chi connectivity index (χ2v) is 9.69. The van der Waals surface area contributed by atoms with Crippen molar-refractivity contribution >= 4 is 38.9 Å². The Morgan fingerprint density at radius 1 is 1.26 bits per heavy atom. The Hall–Kier alpha value is -1.61. The van der Waals surface area contributed by atoms with E-state index >= 15 is 0 Å². The van der Waals surface area contributed by atoms with E-state index in [4.69, 9.17) is 16.3 Å². The number of halogens is 1. The summed E-state index contributed by atoms with van der Waals surface area (Å²) in [6.45, 7) is 2.69. The van der Waals surface area contributed by atoms with Crippen molar-refractivity contribution in [3.63, 3.8) is 0 Å². The first-order valence-electron chi connectivity index (χ1n) is 8.62. The Kier molecular flexibility index (Phi) is 6.41. The molecule has 0 saturated carbocycles. The van der Waals surface area contributed by atoms with E-state index in [9.17, 15) is 13.2 Å². The van der Waals surface area contributed by atoms with Gasteiger partial charge in [0.1, 0.15) is 9.96 Å². The van der Waals surface area contributed by atoms with E-state index in [2.05, 4.69) is 4.72 Å². The highest BCUT2D eigenvalue weighted by Gasteiger charge is 2.29. The number of benzene rings is 1. The molecule has 0 unspecified atom stereocenters. The maximum absolute atomic E-state index is 12.6. The summed E-state index contributed by atoms with van der Waals surface area (Å²) >= 11 is 7.04. The second kappa shape index (κ2) is 8.60. The van der Waals surface area contributed by atoms with Gasteiger partial charge in [0.25, 0.3) is 5.91 Å². The number of carbonyl (C=O) groups excluding carboxylic acids is 1. The number of hydrogen-bond donors (Lipinski definition) is 1. The molecule has 146 valence electrons. The van der Waals surface area contributed by atoms with Gasteiger partial charge in [0.2, 0.25) is 10.0 Å². The highest BCUT2D eigenvalue weighted by atomic mass is 35.5. The molecular formula is C18H21ClN2O4S2. The highest BCUT2D eigenvalue weighted by Crippen LogP contribution is 2.20. The maximum Gasteiger partial charge on any atom is 0.263 e. The molecule has 3 rings (SSSR count). The standard InChI is InChI=1S/C18H21ClN2O4S2/c1-13(25-16-6-4-14(19)5-7-16)18(22)21-10-8-15(9-11-21)20-27(23,24)17-3-2-12-26-17/h2-7,12-13,15,20H,8-11H2,1H3/t13-/m0/s1. The minimum Gasteiger partial charge on any atom is -0.481 e. The van der Waals surface area contributed by atoms with Crippen molar-refractivity contribution in [3.8, 4) is 5.75 Å². The molecule has 0 aliphatic carbocycles. The van der Waals surface area contributed by atoms with Crippen molar-refractivity contribution < 1.29 is 17.9 Å². The third kappa shape index (κ3) is 5.22. The Bertz CT molecular complexity index is 861. The monoisotopic (exact) mass is 428 g/mol. The fourth-order valence-electron chi connectivity index (χ4n) is 2.94. The molecule has 1 aliphatic heterocycles. The third-order valence-electron chi connectivity index (χ3n) is 4.36. The molecule has 1 N–H and O–H groups in total. The zero-order chi connectivity index (χ0) is 19.4. The number of amides is 1. The summed E-state index contributed by atoms with van der Waals surface area (Å²) in [5.74, 6) is 0.475. The zero-order valence-electron chi connectivity index (χ0n) is 14.8. The minimum absolute atomic E-state index is 0.107. The van der Waals surface area contributed by atoms with E-state index in [1.54, 1.807) is 53.6 Å². The molecule has 2 heterocycles. The van der Waals surface area contributed by atoms with Crippen LogP contribution in [0.25, 0.3) is 0 Å². The lowest BCUT2D eigenvalue weighted by molar-refractivity contribution is -0.139. The SMILES string of the molecule is C[C@H](Oc1ccc(Cl)cc1)C(=O)N1CCC(NS(=O)(=O)c2cccs2)CC1. The van der Waals surface area contributed by atoms with Crippen LogP contribution in [0.4, 0.5) is 0 Å². The van der Waals surface area contributed by atoms with Crippen molar-refractivity contribution in [2.45, 2.75) is 36.1 Å². The molecule has 0 bridgehead atoms. The van der Waals surface area contributed by atoms with Crippen molar-refractivity contribution in [3.05, 3.63) is 46.8 Å². The van der Waals surface area contributed by atoms with Gasteiger partial charge < -0.3 is 9.64 Å². The topological polar surface area (TPSA) is 75.7 Å². The molecule has 1 aromatic carbocycles. The van der Waals surface area contributed by atoms with Gasteiger partial charge in [0.05, 0.1) is 0 Å². The average Bonchev–Trinajstić information content (AvgIpc) is 3.19. The van der Waals surface area contributed by atoms with Gasteiger partial charge in [-0.25, -0.2) is 13.1 Å². The summed E-state index contributed by atoms with van der Waals surface area (Å²) in [6, 6.07) is 9.98. The first kappa shape index (κ1) is 20.1. The number of nitrogens with zero attached hydrogens (tertiary/aromatic N) is 1. The molecule has 1 aromatic heterocycles. The van der Waals surface area contributed by atoms with Crippen LogP contribution in [0.15, 0.2) is 46.0 Å². The normalized spacial score (nSPS) is 16.9. The molecule has 1 atom stereocenters. The van der Waals surface area contributed by atoms with Crippen LogP contribution in [0.3, 0.4) is 0 Å². The molecular weight excluding hydrogens is 408 g/mol. The van der Waals surface area contributed by atoms with Crippen molar-refractivity contribution in [1.82, 2.24) is 9.62 Å². The van der Waals surface area contributed by atoms with Gasteiger partial charge in [-0.1, -0.05) is 17.7 Å². The van der Waals surface area contributed by atoms with Gasteiger partial charge in [-0.15, -0.1) is 11.3 Å². The van der Waals surface area contributed by atoms with Gasteiger partial charge in [-0.3, -0.25) is 4.79 Å². The summed E-state index contributed by atoms with van der Waals surface area (Å²) < 4.78 is 33.3. The molecule has 1 amide bonds. The Balaban J connectivity index is 1.51. The molecule has 6 nitrogen and oxygen atoms in total. The van der Waals surface area contributed by atoms with Crippen LogP contribution in [0.5, 0.6) is 5.75 Å². The smallest absolute Gasteiger partial charge is 0.263 e. The number of piperidine rings is 1. The molecule has 0 spiro atoms. The van der Waals surface area contributed by atoms with E-state index in [-0.39, 0.29) is 11.9 Å². The Labute approximate surface area is 168 Å². The van der Waals surface area contributed by atoms with Crippen LogP contribution in [-0.4, -0.2) is 44.5 Å². The van der Waals surface area contributed by atoms with Gasteiger partial charge in [0.15, 0.2) is 6.10 Å². The predicted octanol–water partition coefficient (Wildman–Crippen LogP) is 3.14. The van der Waals surface area contributed by atoms with Gasteiger partial charge in [0, 0.05) is 24.2 Å². The number of hydrogen-bond acceptors (Lipinski definition) is 5. The average molecular weight is 429 g/mol. The third-order valence-corrected chi connectivity index (χ3v) is 7.53. The number of sulfonamides is 1. The Morgan fingerprint density at radius 3 is 2.52 bits per heavy atom. The predicted molar refractivity (Wildman–Crippen MR) is 106 cm³/mol. The number of rotatable bonds is 6. The Morgan fingerprint density at radius 2 is 1.93 bits per heavy atom. The highest BCUT2D eigenvalue weighted by molar-refractivity contribution is 7.91. The number of ether oxygens (including phenoxy) is 1. The number of carbonyl (C=O) groups is 1. The summed E-state index contributed by atoms with van der Waals surface area (Å²) in [4.78, 5) is 14.3. The summed E-state index contributed by atoms with van der Waals surface area (Å²) in [5, 5.41) is 2.34. The molecule has 1 aliphatic rings. The lowest BCUT2D eigenvalue weighted by atomic mass is 10.1. The molecule has 9 heteroatoms. The molecule has 2 aromatic rings. The number of likely N-dealkylation sites (tertiary alicyclic amines) is 1. The lowest BCUT2D eigenvalue weighted by Gasteiger charge is -2.33. The quantitative estimate of drug-likeness (QED) is 0.766. The van der Waals surface area contributed by atoms with Gasteiger partial charge >= 0.3 is 0 Å². The summed E-state index contributed by atoms with van der Waals surface area (Å²) in [7, 11) is -3.49. The zero-order valence-corrected chi connectivity index (χ0v) is 17.2. The molecule has 1 saturated heterocycles. The van der Waals surface area contributed by atoms with E-state index in [1.165, 1.54) is 11.3 Å². The van der Waals surface area contributed by atoms with Crippen LogP contribution < -0.4 is 9.46 Å². The maximum atomic E-state index is 12.6. The van der Waals surface area contributed by atoms with E-state index < -0.39 is 16.1 Å². The molecule has 1 fully saturated rings. The first-order valence-corrected chi connectivity index (χ1v) is 11.4. The second-order valence-electron chi connectivity index (χ2n) is 6.37. The summed E-state index contributed by atoms with van der Waals surface area (Å²) in [6.07, 6.45) is 0.527. The van der Waals surface area contributed by atoms with Crippen LogP contribution in [0.1, 0.15) is 19.8 Å². The van der Waals surface area contributed by atoms with Crippen molar-refractivity contribution in [2.24, 2.45) is 0 Å². The van der Waals surface area contributed by atoms with Crippen LogP contribution in [0, 0.1) is 0 Å². The fourth-order valence-corrected chi connectivity index (χ4v) is 5.38. The van der Waals surface area contributed by atoms with Gasteiger partial charge in [-0.2, -0.15) is 0 Å². The van der Waals surface area contributed by atoms with Crippen LogP contribution in [-0.2, 0) is 14.8 Å². The lowest BCUT2D eigenvalue weighted by Crippen LogP contribution is -2.49. The fraction of sp³-hybridized carbons (Fsp3) is 0.389. The van der Waals surface area contributed by atoms with Crippen molar-refractivity contribution in [2.75, 3.05) is 13.1 Å². The van der Waals surface area contributed by atoms with Gasteiger partial charge in [-0.05, 0) is 55.5 Å². The molecule has 0 radical (unpaired) electrons. The van der Waals surface area contributed by atoms with E-state index in [1.807, 2.05) is 0 Å². The molecule has 27 heavy (non-hydrogen) atoms. The van der Waals surface area contributed by atoms with Crippen molar-refractivity contribution in [1.29, 1.82) is 0 Å². The largest absolute Gasteiger partial charge is 0.481 e. The van der Waals surface area contributed by atoms with Crippen LogP contribution >= 0.6 is 22.9 Å². The first-order chi connectivity index (χ1) is 12.8.